The zero-order valence-corrected chi connectivity index (χ0v) is 18.6. The van der Waals surface area contributed by atoms with Crippen molar-refractivity contribution in [3.63, 3.8) is 0 Å². The Hall–Kier alpha value is -4.13. The van der Waals surface area contributed by atoms with Crippen LogP contribution in [0.25, 0.3) is 38.3 Å². The molecule has 6 aromatic rings. The van der Waals surface area contributed by atoms with Crippen LogP contribution < -0.4 is 15.0 Å². The van der Waals surface area contributed by atoms with Crippen LogP contribution in [-0.2, 0) is 13.6 Å². The number of anilines is 1. The molecule has 0 spiro atoms. The van der Waals surface area contributed by atoms with Gasteiger partial charge in [-0.1, -0.05) is 0 Å². The summed E-state index contributed by atoms with van der Waals surface area (Å²) in [4.78, 5) is 18.7. The number of imidazole rings is 1. The summed E-state index contributed by atoms with van der Waals surface area (Å²) < 4.78 is 6.07. The van der Waals surface area contributed by atoms with Crippen LogP contribution in [0, 0.1) is 0 Å². The third kappa shape index (κ3) is 2.92. The van der Waals surface area contributed by atoms with Gasteiger partial charge in [0.2, 0.25) is 12.2 Å². The van der Waals surface area contributed by atoms with Gasteiger partial charge >= 0.3 is 0 Å². The van der Waals surface area contributed by atoms with Crippen LogP contribution in [0.1, 0.15) is 6.92 Å². The van der Waals surface area contributed by atoms with Crippen LogP contribution >= 0.6 is 0 Å². The van der Waals surface area contributed by atoms with E-state index in [1.165, 1.54) is 0 Å². The summed E-state index contributed by atoms with van der Waals surface area (Å²) in [6, 6.07) is 15.6. The highest BCUT2D eigenvalue weighted by Gasteiger charge is 2.21. The molecule has 0 saturated carbocycles. The fraction of sp³-hybridized carbons (Fsp3) is 0.192. The molecule has 33 heavy (non-hydrogen) atoms. The molecule has 3 aromatic heterocycles. The summed E-state index contributed by atoms with van der Waals surface area (Å²) in [5.74, 6) is 0.175. The third-order valence-corrected chi connectivity index (χ3v) is 6.57. The lowest BCUT2D eigenvalue weighted by molar-refractivity contribution is -0.671. The van der Waals surface area contributed by atoms with Gasteiger partial charge in [-0.2, -0.15) is 0 Å². The molecule has 1 N–H and O–H groups in total. The fourth-order valence-corrected chi connectivity index (χ4v) is 4.92. The number of rotatable bonds is 6. The lowest BCUT2D eigenvalue weighted by atomic mass is 10.0. The molecule has 164 valence electrons. The highest BCUT2D eigenvalue weighted by molar-refractivity contribution is 6.24. The molecule has 3 aromatic carbocycles. The predicted molar refractivity (Wildman–Crippen MR) is 130 cm³/mol. The molecule has 3 heterocycles. The first-order valence-corrected chi connectivity index (χ1v) is 11.1. The van der Waals surface area contributed by atoms with Gasteiger partial charge in [0.25, 0.3) is 5.56 Å². The van der Waals surface area contributed by atoms with Gasteiger partial charge < -0.3 is 10.0 Å². The first-order valence-electron chi connectivity index (χ1n) is 11.1. The Morgan fingerprint density at radius 3 is 2.55 bits per heavy atom. The molecule has 7 heteroatoms. The average Bonchev–Trinajstić information content (AvgIpc) is 3.47. The minimum atomic E-state index is -0.218. The monoisotopic (exact) mass is 438 g/mol. The largest absolute Gasteiger partial charge is 0.494 e. The molecule has 0 aliphatic carbocycles. The molecule has 6 rings (SSSR count). The van der Waals surface area contributed by atoms with Crippen molar-refractivity contribution >= 4 is 38.3 Å². The highest BCUT2D eigenvalue weighted by atomic mass is 16.3. The first kappa shape index (κ1) is 19.5. The van der Waals surface area contributed by atoms with E-state index < -0.39 is 0 Å². The molecule has 0 amide bonds. The fourth-order valence-electron chi connectivity index (χ4n) is 4.92. The maximum absolute atomic E-state index is 12.2. The topological polar surface area (TPSA) is 67.2 Å². The molecule has 0 fully saturated rings. The second kappa shape index (κ2) is 7.20. The Bertz CT molecular complexity index is 1650. The van der Waals surface area contributed by atoms with Gasteiger partial charge in [0.15, 0.2) is 0 Å². The normalized spacial score (nSPS) is 11.9. The summed E-state index contributed by atoms with van der Waals surface area (Å²) in [7, 11) is 2.02. The maximum atomic E-state index is 12.2. The Balaban J connectivity index is 1.38. The number of aromatic nitrogens is 4. The lowest BCUT2D eigenvalue weighted by Crippen LogP contribution is -2.28. The van der Waals surface area contributed by atoms with Crippen molar-refractivity contribution in [3.05, 3.63) is 77.6 Å². The quantitative estimate of drug-likeness (QED) is 0.405. The van der Waals surface area contributed by atoms with Gasteiger partial charge in [-0.3, -0.25) is 9.36 Å². The van der Waals surface area contributed by atoms with Crippen LogP contribution in [0.3, 0.4) is 0 Å². The van der Waals surface area contributed by atoms with Crippen molar-refractivity contribution in [1.29, 1.82) is 0 Å². The Kier molecular flexibility index (Phi) is 4.26. The molecular weight excluding hydrogens is 414 g/mol. The first-order chi connectivity index (χ1) is 16.0. The Morgan fingerprint density at radius 1 is 1.03 bits per heavy atom. The molecule has 7 nitrogen and oxygen atoms in total. The maximum Gasteiger partial charge on any atom is 0.278 e. The van der Waals surface area contributed by atoms with E-state index in [1.54, 1.807) is 6.07 Å². The molecule has 0 saturated heterocycles. The van der Waals surface area contributed by atoms with Crippen molar-refractivity contribution in [3.8, 4) is 11.6 Å². The van der Waals surface area contributed by atoms with Crippen molar-refractivity contribution in [1.82, 2.24) is 14.1 Å². The standard InChI is InChI=1S/C26H23N5O2/c1-3-30(15-14-29-13-12-28(2)16-29)17-4-6-18(7-5-17)31-22-11-10-21-23-19(25(32)27-21)8-9-20(24(22)23)26(31)33/h4-13,16H,3,14-15H2,1-2H3/p+1. The van der Waals surface area contributed by atoms with E-state index in [2.05, 4.69) is 46.0 Å². The van der Waals surface area contributed by atoms with Crippen molar-refractivity contribution < 1.29 is 9.67 Å². The number of nitrogens with zero attached hydrogens (tertiary/aromatic N) is 5. The van der Waals surface area contributed by atoms with Crippen LogP contribution in [0.4, 0.5) is 5.69 Å². The molecule has 0 atom stereocenters. The Labute approximate surface area is 190 Å². The number of hydrogen-bond donors (Lipinski definition) is 1. The number of hydrogen-bond acceptors (Lipinski definition) is 4. The van der Waals surface area contributed by atoms with Crippen LogP contribution in [0.5, 0.6) is 5.88 Å². The van der Waals surface area contributed by atoms with Crippen molar-refractivity contribution in [2.75, 3.05) is 18.0 Å². The van der Waals surface area contributed by atoms with Crippen molar-refractivity contribution in [2.24, 2.45) is 7.05 Å². The number of aryl methyl sites for hydroxylation is 1. The zero-order valence-electron chi connectivity index (χ0n) is 18.6. The van der Waals surface area contributed by atoms with E-state index in [-0.39, 0.29) is 11.4 Å². The van der Waals surface area contributed by atoms with Crippen LogP contribution in [-0.4, -0.2) is 32.3 Å². The van der Waals surface area contributed by atoms with Gasteiger partial charge in [-0.25, -0.2) is 14.1 Å². The summed E-state index contributed by atoms with van der Waals surface area (Å²) in [6.07, 6.45) is 6.20. The molecule has 0 radical (unpaired) electrons. The minimum absolute atomic E-state index is 0.175. The summed E-state index contributed by atoms with van der Waals surface area (Å²) in [5, 5.41) is 14.1. The highest BCUT2D eigenvalue weighted by Crippen LogP contribution is 2.41. The van der Waals surface area contributed by atoms with E-state index in [0.29, 0.717) is 10.9 Å². The average molecular weight is 439 g/mol. The van der Waals surface area contributed by atoms with E-state index in [0.717, 1.165) is 52.7 Å². The molecule has 0 aliphatic rings. The van der Waals surface area contributed by atoms with E-state index in [9.17, 15) is 9.90 Å². The molecule has 0 bridgehead atoms. The summed E-state index contributed by atoms with van der Waals surface area (Å²) in [5.41, 5.74) is 3.34. The van der Waals surface area contributed by atoms with E-state index in [1.807, 2.05) is 52.7 Å². The van der Waals surface area contributed by atoms with Gasteiger partial charge in [-0.15, -0.1) is 0 Å². The van der Waals surface area contributed by atoms with Crippen LogP contribution in [0.2, 0.25) is 0 Å². The van der Waals surface area contributed by atoms with Gasteiger partial charge in [0.1, 0.15) is 18.9 Å². The van der Waals surface area contributed by atoms with E-state index >= 15 is 0 Å². The summed E-state index contributed by atoms with van der Waals surface area (Å²) >= 11 is 0. The SMILES string of the molecule is CCN(CCn1cc[n+](C)c1)c1ccc(-n2c(O)c3ccc4c(=O)nc5ccc2c3c54)cc1. The van der Waals surface area contributed by atoms with Gasteiger partial charge in [0.05, 0.1) is 30.0 Å². The van der Waals surface area contributed by atoms with E-state index in [4.69, 9.17) is 0 Å². The van der Waals surface area contributed by atoms with Gasteiger partial charge in [-0.05, 0) is 55.5 Å². The smallest absolute Gasteiger partial charge is 0.278 e. The Morgan fingerprint density at radius 2 is 1.82 bits per heavy atom. The predicted octanol–water partition coefficient (Wildman–Crippen LogP) is 3.43. The number of benzene rings is 3. The second-order valence-corrected chi connectivity index (χ2v) is 8.50. The number of aromatic hydroxyl groups is 1. The molecule has 0 unspecified atom stereocenters. The molecule has 0 aliphatic heterocycles. The third-order valence-electron chi connectivity index (χ3n) is 6.57. The van der Waals surface area contributed by atoms with Crippen LogP contribution in [0.15, 0.2) is 72.0 Å². The van der Waals surface area contributed by atoms with Crippen molar-refractivity contribution in [2.45, 2.75) is 13.5 Å². The zero-order chi connectivity index (χ0) is 22.7. The number of likely N-dealkylation sites (N-methyl/N-ethyl adjacent to an activating group) is 1. The van der Waals surface area contributed by atoms with Gasteiger partial charge in [0, 0.05) is 34.1 Å². The minimum Gasteiger partial charge on any atom is -0.494 e. The summed E-state index contributed by atoms with van der Waals surface area (Å²) in [6.45, 7) is 4.87. The second-order valence-electron chi connectivity index (χ2n) is 8.50. The lowest BCUT2D eigenvalue weighted by Gasteiger charge is -2.22. The molecular formula is C26H24N5O2+.